The molecule has 4 nitrogen and oxygen atoms in total. The van der Waals surface area contributed by atoms with E-state index in [4.69, 9.17) is 0 Å². The lowest BCUT2D eigenvalue weighted by molar-refractivity contribution is 0.947. The average molecular weight is 284 g/mol. The minimum Gasteiger partial charge on any atom is -0.354 e. The molecule has 0 bridgehead atoms. The summed E-state index contributed by atoms with van der Waals surface area (Å²) in [5.41, 5.74) is 5.81. The molecule has 1 aromatic heterocycles. The van der Waals surface area contributed by atoms with Crippen LogP contribution in [0.2, 0.25) is 0 Å². The van der Waals surface area contributed by atoms with Crippen molar-refractivity contribution in [2.45, 2.75) is 41.0 Å². The normalized spacial score (nSPS) is 10.5. The van der Waals surface area contributed by atoms with Gasteiger partial charge in [0.2, 0.25) is 5.95 Å². The highest BCUT2D eigenvalue weighted by Crippen LogP contribution is 2.25. The highest BCUT2D eigenvalue weighted by Gasteiger charge is 2.07. The Morgan fingerprint density at radius 3 is 2.24 bits per heavy atom. The first kappa shape index (κ1) is 15.3. The third-order valence-corrected chi connectivity index (χ3v) is 3.32. The van der Waals surface area contributed by atoms with Crippen molar-refractivity contribution in [1.82, 2.24) is 9.97 Å². The van der Waals surface area contributed by atoms with Crippen molar-refractivity contribution >= 4 is 17.5 Å². The minimum absolute atomic E-state index is 0.682. The van der Waals surface area contributed by atoms with Crippen LogP contribution in [0.15, 0.2) is 18.2 Å². The predicted octanol–water partition coefficient (Wildman–Crippen LogP) is 4.28. The van der Waals surface area contributed by atoms with Gasteiger partial charge in [-0.3, -0.25) is 0 Å². The van der Waals surface area contributed by atoms with Gasteiger partial charge in [0.15, 0.2) is 0 Å². The van der Waals surface area contributed by atoms with Crippen molar-refractivity contribution < 1.29 is 0 Å². The molecule has 0 aliphatic rings. The fraction of sp³-hybridized carbons (Fsp3) is 0.412. The van der Waals surface area contributed by atoms with Crippen LogP contribution in [0.1, 0.15) is 35.7 Å². The van der Waals surface area contributed by atoms with Crippen LogP contribution in [0.3, 0.4) is 0 Å². The minimum atomic E-state index is 0.682. The van der Waals surface area contributed by atoms with Crippen LogP contribution in [0, 0.1) is 27.7 Å². The number of aromatic nitrogens is 2. The highest BCUT2D eigenvalue weighted by atomic mass is 15.1. The quantitative estimate of drug-likeness (QED) is 0.860. The van der Waals surface area contributed by atoms with Gasteiger partial charge in [0, 0.05) is 24.0 Å². The Morgan fingerprint density at radius 2 is 1.62 bits per heavy atom. The summed E-state index contributed by atoms with van der Waals surface area (Å²) < 4.78 is 0. The van der Waals surface area contributed by atoms with E-state index < -0.39 is 0 Å². The Bertz CT molecular complexity index is 612. The third kappa shape index (κ3) is 3.94. The van der Waals surface area contributed by atoms with Crippen molar-refractivity contribution in [1.29, 1.82) is 0 Å². The lowest BCUT2D eigenvalue weighted by Gasteiger charge is -2.14. The molecule has 0 saturated carbocycles. The molecular formula is C17H24N4. The SMILES string of the molecule is CCCNc1nc(C)cc(Nc2c(C)cc(C)cc2C)n1. The number of hydrogen-bond acceptors (Lipinski definition) is 4. The van der Waals surface area contributed by atoms with E-state index in [1.54, 1.807) is 0 Å². The van der Waals surface area contributed by atoms with Crippen LogP contribution < -0.4 is 10.6 Å². The summed E-state index contributed by atoms with van der Waals surface area (Å²) in [6.45, 7) is 11.3. The second-order valence-corrected chi connectivity index (χ2v) is 5.54. The van der Waals surface area contributed by atoms with Gasteiger partial charge in [0.05, 0.1) is 0 Å². The molecule has 1 heterocycles. The van der Waals surface area contributed by atoms with Gasteiger partial charge < -0.3 is 10.6 Å². The van der Waals surface area contributed by atoms with Crippen LogP contribution in [0.25, 0.3) is 0 Å². The Labute approximate surface area is 127 Å². The van der Waals surface area contributed by atoms with Gasteiger partial charge in [-0.2, -0.15) is 4.98 Å². The first-order valence-electron chi connectivity index (χ1n) is 7.44. The van der Waals surface area contributed by atoms with Crippen molar-refractivity contribution in [2.24, 2.45) is 0 Å². The van der Waals surface area contributed by atoms with E-state index >= 15 is 0 Å². The van der Waals surface area contributed by atoms with Crippen LogP contribution in [0.4, 0.5) is 17.5 Å². The lowest BCUT2D eigenvalue weighted by Crippen LogP contribution is -2.07. The molecule has 4 heteroatoms. The van der Waals surface area contributed by atoms with E-state index in [1.807, 2.05) is 13.0 Å². The van der Waals surface area contributed by atoms with Gasteiger partial charge in [-0.25, -0.2) is 4.98 Å². The molecule has 0 atom stereocenters. The number of hydrogen-bond donors (Lipinski definition) is 2. The lowest BCUT2D eigenvalue weighted by atomic mass is 10.1. The largest absolute Gasteiger partial charge is 0.354 e. The molecule has 0 radical (unpaired) electrons. The molecule has 2 N–H and O–H groups in total. The molecule has 0 fully saturated rings. The van der Waals surface area contributed by atoms with E-state index in [0.29, 0.717) is 5.95 Å². The maximum Gasteiger partial charge on any atom is 0.224 e. The van der Waals surface area contributed by atoms with Gasteiger partial charge >= 0.3 is 0 Å². The Kier molecular flexibility index (Phi) is 4.78. The monoisotopic (exact) mass is 284 g/mol. The molecule has 0 aliphatic heterocycles. The van der Waals surface area contributed by atoms with Crippen LogP contribution >= 0.6 is 0 Å². The zero-order valence-electron chi connectivity index (χ0n) is 13.5. The summed E-state index contributed by atoms with van der Waals surface area (Å²) in [7, 11) is 0. The first-order valence-corrected chi connectivity index (χ1v) is 7.44. The summed E-state index contributed by atoms with van der Waals surface area (Å²) in [4.78, 5) is 8.95. The summed E-state index contributed by atoms with van der Waals surface area (Å²) >= 11 is 0. The molecule has 0 unspecified atom stereocenters. The van der Waals surface area contributed by atoms with Crippen LogP contribution in [-0.4, -0.2) is 16.5 Å². The second kappa shape index (κ2) is 6.57. The summed E-state index contributed by atoms with van der Waals surface area (Å²) in [5.74, 6) is 1.51. The van der Waals surface area contributed by atoms with Gasteiger partial charge in [-0.15, -0.1) is 0 Å². The zero-order chi connectivity index (χ0) is 15.4. The topological polar surface area (TPSA) is 49.8 Å². The highest BCUT2D eigenvalue weighted by molar-refractivity contribution is 5.65. The molecule has 0 aliphatic carbocycles. The average Bonchev–Trinajstić information content (AvgIpc) is 2.40. The molecule has 0 saturated heterocycles. The number of nitrogens with one attached hydrogen (secondary N) is 2. The van der Waals surface area contributed by atoms with E-state index in [9.17, 15) is 0 Å². The molecule has 2 rings (SSSR count). The van der Waals surface area contributed by atoms with E-state index in [-0.39, 0.29) is 0 Å². The summed E-state index contributed by atoms with van der Waals surface area (Å²) in [6.07, 6.45) is 1.05. The molecule has 1 aromatic carbocycles. The first-order chi connectivity index (χ1) is 9.99. The van der Waals surface area contributed by atoms with Crippen molar-refractivity contribution in [3.05, 3.63) is 40.6 Å². The maximum atomic E-state index is 4.54. The number of benzene rings is 1. The molecular weight excluding hydrogens is 260 g/mol. The molecule has 112 valence electrons. The Morgan fingerprint density at radius 1 is 0.952 bits per heavy atom. The Balaban J connectivity index is 2.29. The summed E-state index contributed by atoms with van der Waals surface area (Å²) in [6, 6.07) is 6.33. The third-order valence-electron chi connectivity index (χ3n) is 3.32. The number of nitrogens with zero attached hydrogens (tertiary/aromatic N) is 2. The van der Waals surface area contributed by atoms with Gasteiger partial charge in [0.1, 0.15) is 5.82 Å². The fourth-order valence-electron chi connectivity index (χ4n) is 2.45. The van der Waals surface area contributed by atoms with Crippen molar-refractivity contribution in [2.75, 3.05) is 17.2 Å². The molecule has 2 aromatic rings. The molecule has 21 heavy (non-hydrogen) atoms. The Hall–Kier alpha value is -2.10. The molecule has 0 amide bonds. The predicted molar refractivity (Wildman–Crippen MR) is 89.5 cm³/mol. The fourth-order valence-corrected chi connectivity index (χ4v) is 2.45. The van der Waals surface area contributed by atoms with Gasteiger partial charge in [0.25, 0.3) is 0 Å². The van der Waals surface area contributed by atoms with E-state index in [0.717, 1.165) is 30.2 Å². The molecule has 0 spiro atoms. The van der Waals surface area contributed by atoms with Crippen molar-refractivity contribution in [3.8, 4) is 0 Å². The number of aryl methyl sites for hydroxylation is 4. The zero-order valence-corrected chi connectivity index (χ0v) is 13.5. The second-order valence-electron chi connectivity index (χ2n) is 5.54. The summed E-state index contributed by atoms with van der Waals surface area (Å²) in [5, 5.41) is 6.67. The number of rotatable bonds is 5. The smallest absolute Gasteiger partial charge is 0.224 e. The van der Waals surface area contributed by atoms with Gasteiger partial charge in [-0.1, -0.05) is 24.6 Å². The standard InChI is InChI=1S/C17H24N4/c1-6-7-18-17-19-14(5)10-15(21-17)20-16-12(3)8-11(2)9-13(16)4/h8-10H,6-7H2,1-5H3,(H2,18,19,20,21). The maximum absolute atomic E-state index is 4.54. The van der Waals surface area contributed by atoms with Crippen LogP contribution in [-0.2, 0) is 0 Å². The van der Waals surface area contributed by atoms with E-state index in [2.05, 4.69) is 60.4 Å². The van der Waals surface area contributed by atoms with Crippen LogP contribution in [0.5, 0.6) is 0 Å². The van der Waals surface area contributed by atoms with E-state index in [1.165, 1.54) is 16.7 Å². The number of anilines is 3. The van der Waals surface area contributed by atoms with Crippen molar-refractivity contribution in [3.63, 3.8) is 0 Å². The van der Waals surface area contributed by atoms with Gasteiger partial charge in [-0.05, 0) is 45.2 Å².